The molecule has 3 N–H and O–H groups in total. The Morgan fingerprint density at radius 3 is 2.68 bits per heavy atom. The quantitative estimate of drug-likeness (QED) is 0.768. The summed E-state index contributed by atoms with van der Waals surface area (Å²) in [5, 5.41) is 8.80. The Hall–Kier alpha value is -2.37. The Bertz CT molecular complexity index is 525. The average molecular weight is 267 g/mol. The number of hydrogen-bond donors (Lipinski definition) is 2. The highest BCUT2D eigenvalue weighted by Crippen LogP contribution is 2.21. The zero-order valence-corrected chi connectivity index (χ0v) is 10.4. The largest absolute Gasteiger partial charge is 0.489 e. The third kappa shape index (κ3) is 3.80. The summed E-state index contributed by atoms with van der Waals surface area (Å²) in [6.07, 6.45) is 1.70. The molecule has 0 aromatic heterocycles. The minimum Gasteiger partial charge on any atom is -0.489 e. The lowest BCUT2D eigenvalue weighted by atomic mass is 10.1. The molecule has 0 aliphatic carbocycles. The number of carboxylic acids is 1. The lowest BCUT2D eigenvalue weighted by Crippen LogP contribution is -2.15. The molecule has 19 heavy (non-hydrogen) atoms. The fraction of sp³-hybridized carbons (Fsp3) is 0.231. The zero-order chi connectivity index (χ0) is 14.4. The number of rotatable bonds is 6. The van der Waals surface area contributed by atoms with E-state index in [9.17, 15) is 14.0 Å². The van der Waals surface area contributed by atoms with E-state index in [1.165, 1.54) is 18.2 Å². The number of carboxylic acid groups (broad SMARTS) is 1. The topological polar surface area (TPSA) is 89.6 Å². The molecule has 1 rings (SSSR count). The lowest BCUT2D eigenvalue weighted by Gasteiger charge is -2.08. The maximum atomic E-state index is 13.4. The lowest BCUT2D eigenvalue weighted by molar-refractivity contribution is -0.132. The van der Waals surface area contributed by atoms with E-state index in [2.05, 4.69) is 0 Å². The second kappa shape index (κ2) is 6.53. The Labute approximate surface area is 109 Å². The van der Waals surface area contributed by atoms with Gasteiger partial charge in [0.05, 0.1) is 0 Å². The van der Waals surface area contributed by atoms with Crippen molar-refractivity contribution in [1.29, 1.82) is 0 Å². The molecule has 0 aliphatic heterocycles. The van der Waals surface area contributed by atoms with Crippen LogP contribution >= 0.6 is 0 Å². The second-order valence-electron chi connectivity index (χ2n) is 3.68. The molecule has 0 heterocycles. The highest BCUT2D eigenvalue weighted by molar-refractivity contribution is 5.95. The molecule has 0 saturated heterocycles. The number of carbonyl (C=O) groups excluding carboxylic acids is 1. The number of amides is 1. The van der Waals surface area contributed by atoms with Gasteiger partial charge in [-0.2, -0.15) is 0 Å². The molecule has 0 radical (unpaired) electrons. The summed E-state index contributed by atoms with van der Waals surface area (Å²) in [5.74, 6) is -2.76. The molecular formula is C13H14FNO4. The van der Waals surface area contributed by atoms with Gasteiger partial charge in [0, 0.05) is 5.57 Å². The van der Waals surface area contributed by atoms with Gasteiger partial charge in [-0.25, -0.2) is 9.18 Å². The van der Waals surface area contributed by atoms with Crippen LogP contribution in [0.4, 0.5) is 4.39 Å². The van der Waals surface area contributed by atoms with Crippen LogP contribution in [-0.2, 0) is 4.79 Å². The standard InChI is InChI=1S/C13H14FNO4/c1-2-8(13(17)18)6-7-19-10-5-3-4-9(14)11(10)12(15)16/h3-6H,2,7H2,1H3,(H2,15,16)(H,17,18). The predicted octanol–water partition coefficient (Wildman–Crippen LogP) is 1.72. The highest BCUT2D eigenvalue weighted by Gasteiger charge is 2.14. The van der Waals surface area contributed by atoms with E-state index in [0.29, 0.717) is 6.42 Å². The number of ether oxygens (including phenoxy) is 1. The first kappa shape index (κ1) is 14.7. The molecule has 1 amide bonds. The second-order valence-corrected chi connectivity index (χ2v) is 3.68. The van der Waals surface area contributed by atoms with E-state index in [1.54, 1.807) is 6.92 Å². The Morgan fingerprint density at radius 2 is 2.16 bits per heavy atom. The average Bonchev–Trinajstić information content (AvgIpc) is 2.33. The number of primary amides is 1. The predicted molar refractivity (Wildman–Crippen MR) is 66.4 cm³/mol. The van der Waals surface area contributed by atoms with Gasteiger partial charge in [0.15, 0.2) is 0 Å². The number of carbonyl (C=O) groups is 2. The van der Waals surface area contributed by atoms with Gasteiger partial charge < -0.3 is 15.6 Å². The van der Waals surface area contributed by atoms with Crippen molar-refractivity contribution in [2.24, 2.45) is 5.73 Å². The van der Waals surface area contributed by atoms with Gasteiger partial charge in [-0.1, -0.05) is 13.0 Å². The Kier molecular flexibility index (Phi) is 5.05. The molecule has 0 atom stereocenters. The maximum absolute atomic E-state index is 13.4. The zero-order valence-electron chi connectivity index (χ0n) is 10.4. The summed E-state index contributed by atoms with van der Waals surface area (Å²) in [7, 11) is 0. The first-order valence-electron chi connectivity index (χ1n) is 5.60. The number of hydrogen-bond acceptors (Lipinski definition) is 3. The van der Waals surface area contributed by atoms with E-state index in [4.69, 9.17) is 15.6 Å². The fourth-order valence-electron chi connectivity index (χ4n) is 1.48. The third-order valence-corrected chi connectivity index (χ3v) is 2.45. The Morgan fingerprint density at radius 1 is 1.47 bits per heavy atom. The van der Waals surface area contributed by atoms with Crippen LogP contribution in [0.5, 0.6) is 5.75 Å². The maximum Gasteiger partial charge on any atom is 0.331 e. The van der Waals surface area contributed by atoms with Crippen molar-refractivity contribution < 1.29 is 23.8 Å². The molecule has 0 aliphatic rings. The van der Waals surface area contributed by atoms with Crippen molar-refractivity contribution >= 4 is 11.9 Å². The number of nitrogens with two attached hydrogens (primary N) is 1. The van der Waals surface area contributed by atoms with Crippen LogP contribution in [0.3, 0.4) is 0 Å². The van der Waals surface area contributed by atoms with Crippen molar-refractivity contribution in [2.45, 2.75) is 13.3 Å². The van der Waals surface area contributed by atoms with Gasteiger partial charge >= 0.3 is 5.97 Å². The van der Waals surface area contributed by atoms with Crippen LogP contribution in [0.1, 0.15) is 23.7 Å². The third-order valence-electron chi connectivity index (χ3n) is 2.45. The summed E-state index contributed by atoms with van der Waals surface area (Å²) < 4.78 is 18.6. The Balaban J connectivity index is 2.87. The number of benzene rings is 1. The molecule has 0 spiro atoms. The van der Waals surface area contributed by atoms with Crippen LogP contribution in [0, 0.1) is 5.82 Å². The van der Waals surface area contributed by atoms with Crippen molar-refractivity contribution in [3.8, 4) is 5.75 Å². The molecule has 102 valence electrons. The van der Waals surface area contributed by atoms with Gasteiger partial charge in [0.2, 0.25) is 0 Å². The molecule has 6 heteroatoms. The van der Waals surface area contributed by atoms with Crippen LogP contribution < -0.4 is 10.5 Å². The van der Waals surface area contributed by atoms with Crippen LogP contribution in [-0.4, -0.2) is 23.6 Å². The minimum absolute atomic E-state index is 0.00964. The van der Waals surface area contributed by atoms with E-state index in [1.807, 2.05) is 0 Å². The molecule has 0 bridgehead atoms. The first-order chi connectivity index (χ1) is 8.97. The van der Waals surface area contributed by atoms with E-state index >= 15 is 0 Å². The summed E-state index contributed by atoms with van der Waals surface area (Å²) in [4.78, 5) is 21.8. The fourth-order valence-corrected chi connectivity index (χ4v) is 1.48. The molecule has 0 unspecified atom stereocenters. The summed E-state index contributed by atoms with van der Waals surface area (Å²) in [5.41, 5.74) is 4.89. The van der Waals surface area contributed by atoms with Crippen LogP contribution in [0.25, 0.3) is 0 Å². The SMILES string of the molecule is CCC(=CCOc1cccc(F)c1C(N)=O)C(=O)O. The first-order valence-corrected chi connectivity index (χ1v) is 5.60. The van der Waals surface area contributed by atoms with Crippen molar-refractivity contribution in [2.75, 3.05) is 6.61 Å². The van der Waals surface area contributed by atoms with Crippen molar-refractivity contribution in [1.82, 2.24) is 0 Å². The van der Waals surface area contributed by atoms with Crippen LogP contribution in [0.15, 0.2) is 29.8 Å². The molecule has 5 nitrogen and oxygen atoms in total. The van der Waals surface area contributed by atoms with Gasteiger partial charge in [-0.05, 0) is 24.6 Å². The van der Waals surface area contributed by atoms with Gasteiger partial charge in [0.1, 0.15) is 23.7 Å². The molecule has 0 saturated carbocycles. The van der Waals surface area contributed by atoms with Crippen molar-refractivity contribution in [3.05, 3.63) is 41.2 Å². The van der Waals surface area contributed by atoms with E-state index in [0.717, 1.165) is 6.07 Å². The molecular weight excluding hydrogens is 253 g/mol. The van der Waals surface area contributed by atoms with E-state index in [-0.39, 0.29) is 23.5 Å². The van der Waals surface area contributed by atoms with E-state index < -0.39 is 17.7 Å². The normalized spacial score (nSPS) is 11.2. The molecule has 0 fully saturated rings. The monoisotopic (exact) mass is 267 g/mol. The van der Waals surface area contributed by atoms with Gasteiger partial charge in [0.25, 0.3) is 5.91 Å². The smallest absolute Gasteiger partial charge is 0.331 e. The highest BCUT2D eigenvalue weighted by atomic mass is 19.1. The van der Waals surface area contributed by atoms with Crippen LogP contribution in [0.2, 0.25) is 0 Å². The van der Waals surface area contributed by atoms with Gasteiger partial charge in [-0.3, -0.25) is 4.79 Å². The van der Waals surface area contributed by atoms with Crippen molar-refractivity contribution in [3.63, 3.8) is 0 Å². The summed E-state index contributed by atoms with van der Waals surface area (Å²) in [6.45, 7) is 1.61. The summed E-state index contributed by atoms with van der Waals surface area (Å²) in [6, 6.07) is 3.86. The number of aliphatic carboxylic acids is 1. The summed E-state index contributed by atoms with van der Waals surface area (Å²) >= 11 is 0. The minimum atomic E-state index is -1.04. The van der Waals surface area contributed by atoms with Gasteiger partial charge in [-0.15, -0.1) is 0 Å². The molecule has 1 aromatic carbocycles. The number of halogens is 1. The molecule has 1 aromatic rings.